The summed E-state index contributed by atoms with van der Waals surface area (Å²) >= 11 is 2.25. The number of para-hydroxylation sites is 2. The summed E-state index contributed by atoms with van der Waals surface area (Å²) in [5, 5.41) is 11.5. The summed E-state index contributed by atoms with van der Waals surface area (Å²) in [5.41, 5.74) is 11.0. The minimum Gasteiger partial charge on any atom is -0.342 e. The van der Waals surface area contributed by atoms with Crippen LogP contribution in [0.5, 0.6) is 0 Å². The van der Waals surface area contributed by atoms with Crippen LogP contribution in [0.25, 0.3) is 16.8 Å². The summed E-state index contributed by atoms with van der Waals surface area (Å²) in [6.07, 6.45) is 4.01. The Morgan fingerprint density at radius 2 is 0.800 bits per heavy atom. The molecule has 275 valence electrons. The van der Waals surface area contributed by atoms with Crippen LogP contribution >= 0.6 is 0 Å². The van der Waals surface area contributed by atoms with Crippen LogP contribution in [-0.4, -0.2) is 25.3 Å². The van der Waals surface area contributed by atoms with Gasteiger partial charge in [0.1, 0.15) is 0 Å². The first-order chi connectivity index (χ1) is 22.9. The van der Waals surface area contributed by atoms with Crippen molar-refractivity contribution in [2.24, 2.45) is 3.79 Å². The van der Waals surface area contributed by atoms with E-state index in [1.54, 1.807) is 0 Å². The van der Waals surface area contributed by atoms with Crippen LogP contribution < -0.4 is 5.62 Å². The van der Waals surface area contributed by atoms with E-state index in [9.17, 15) is 5.41 Å². The Bertz CT molecular complexity index is 1530. The van der Waals surface area contributed by atoms with Gasteiger partial charge in [-0.2, -0.15) is 0 Å². The second-order valence-electron chi connectivity index (χ2n) is 17.0. The topological polar surface area (TPSA) is 44.5 Å². The van der Waals surface area contributed by atoms with Crippen molar-refractivity contribution in [2.45, 2.75) is 132 Å². The molecule has 3 aromatic carbocycles. The van der Waals surface area contributed by atoms with Crippen LogP contribution in [-0.2, 0) is 17.2 Å². The van der Waals surface area contributed by atoms with Crippen molar-refractivity contribution < 1.29 is 17.2 Å². The SMILES string of the molecule is CC(C)c1cccc(C(C)C)c1-n1ccn(-c2c(C(C)C)cccc2C(C)C)c1=[N-].Cc1cccc(C)c1[N]=[V].[CH2-][Si](C)(C)C.[CH2-][Si](C)(C)C. The number of benzene rings is 3. The predicted octanol–water partition coefficient (Wildman–Crippen LogP) is 13.3. The Morgan fingerprint density at radius 1 is 0.560 bits per heavy atom. The second-order valence-corrected chi connectivity index (χ2v) is 27.5. The Hall–Kier alpha value is -2.51. The third-order valence-electron chi connectivity index (χ3n) is 7.50. The standard InChI is InChI=1S/C27H36N3.C8H9N.2C4H11Si.V/c1-17(2)21-11-9-12-22(18(3)4)25(21)29-15-16-30(27(29)28)26-23(19(5)6)13-10-14-24(26)20(7)8;1-6-4-3-5-7(2)8(6)9;2*1-5(2,3)4;/h9-20H,1-8H3;3-5H,1-2H3;2*1H2,2-4H3;/q-1;;2*-1;. The largest absolute Gasteiger partial charge is 0.342 e. The van der Waals surface area contributed by atoms with Gasteiger partial charge in [0, 0.05) is 5.62 Å². The van der Waals surface area contributed by atoms with Gasteiger partial charge in [-0.05, 0) is 69.7 Å². The van der Waals surface area contributed by atoms with Crippen molar-refractivity contribution in [3.8, 4) is 11.4 Å². The van der Waals surface area contributed by atoms with E-state index in [0.717, 1.165) is 17.1 Å². The molecule has 0 saturated carbocycles. The minimum atomic E-state index is -0.861. The minimum absolute atomic E-state index is 0.250. The van der Waals surface area contributed by atoms with Gasteiger partial charge < -0.3 is 27.6 Å². The second kappa shape index (κ2) is 19.9. The van der Waals surface area contributed by atoms with Crippen molar-refractivity contribution in [3.63, 3.8) is 0 Å². The average molecular weight is 747 g/mol. The quantitative estimate of drug-likeness (QED) is 0.134. The molecule has 4 aromatic rings. The Morgan fingerprint density at radius 3 is 1.00 bits per heavy atom. The molecule has 0 radical (unpaired) electrons. The monoisotopic (exact) mass is 746 g/mol. The fourth-order valence-corrected chi connectivity index (χ4v) is 5.77. The van der Waals surface area contributed by atoms with Crippen LogP contribution in [0, 0.1) is 26.9 Å². The molecular weight excluding hydrogens is 680 g/mol. The molecule has 0 atom stereocenters. The number of nitrogens with zero attached hydrogens (tertiary/aromatic N) is 4. The molecule has 50 heavy (non-hydrogen) atoms. The van der Waals surface area contributed by atoms with Gasteiger partial charge in [0.15, 0.2) is 0 Å². The molecule has 0 amide bonds. The summed E-state index contributed by atoms with van der Waals surface area (Å²) in [6, 6.07) is 19.2. The predicted molar refractivity (Wildman–Crippen MR) is 223 cm³/mol. The summed E-state index contributed by atoms with van der Waals surface area (Å²) in [4.78, 5) is 0. The molecular formula is C43H67N4Si2V-3. The van der Waals surface area contributed by atoms with E-state index >= 15 is 0 Å². The van der Waals surface area contributed by atoms with Gasteiger partial charge in [-0.25, -0.2) is 0 Å². The van der Waals surface area contributed by atoms with Crippen molar-refractivity contribution in [2.75, 3.05) is 0 Å². The normalized spacial score (nSPS) is 11.5. The van der Waals surface area contributed by atoms with Gasteiger partial charge in [0.2, 0.25) is 0 Å². The fraction of sp³-hybridized carbons (Fsp3) is 0.465. The molecule has 0 unspecified atom stereocenters. The van der Waals surface area contributed by atoms with Crippen LogP contribution in [0.4, 0.5) is 5.69 Å². The van der Waals surface area contributed by atoms with E-state index in [-0.39, 0.29) is 5.62 Å². The van der Waals surface area contributed by atoms with Crippen LogP contribution in [0.15, 0.2) is 70.8 Å². The van der Waals surface area contributed by atoms with Crippen molar-refractivity contribution >= 4 is 21.8 Å². The van der Waals surface area contributed by atoms with E-state index in [1.165, 1.54) is 33.4 Å². The van der Waals surface area contributed by atoms with Gasteiger partial charge in [-0.1, -0.05) is 131 Å². The molecule has 0 fully saturated rings. The van der Waals surface area contributed by atoms with E-state index in [0.29, 0.717) is 23.7 Å². The molecule has 0 spiro atoms. The average Bonchev–Trinajstić information content (AvgIpc) is 3.35. The molecule has 1 aromatic heterocycles. The Labute approximate surface area is 318 Å². The zero-order valence-corrected chi connectivity index (χ0v) is 37.7. The number of hydrogen-bond donors (Lipinski definition) is 0. The number of aryl methyl sites for hydroxylation is 2. The van der Waals surface area contributed by atoms with Gasteiger partial charge in [0.05, 0.1) is 0 Å². The fourth-order valence-electron chi connectivity index (χ4n) is 5.28. The maximum Gasteiger partial charge on any atom is -0.0951 e. The number of hydrogen-bond acceptors (Lipinski definition) is 1. The van der Waals surface area contributed by atoms with Gasteiger partial charge in [-0.3, -0.25) is 0 Å². The smallest absolute Gasteiger partial charge is 0.0951 e. The molecule has 0 saturated heterocycles. The third-order valence-corrected chi connectivity index (χ3v) is 7.81. The number of imidazole rings is 1. The third kappa shape index (κ3) is 14.6. The van der Waals surface area contributed by atoms with Crippen molar-refractivity contribution in [1.82, 2.24) is 9.13 Å². The Kier molecular flexibility index (Phi) is 18.1. The van der Waals surface area contributed by atoms with Crippen LogP contribution in [0.1, 0.15) is 112 Å². The molecule has 0 bridgehead atoms. The molecule has 0 aliphatic rings. The maximum absolute atomic E-state index is 11.5. The maximum atomic E-state index is 11.5. The van der Waals surface area contributed by atoms with Crippen molar-refractivity contribution in [3.05, 3.63) is 124 Å². The molecule has 0 N–H and O–H groups in total. The van der Waals surface area contributed by atoms with Crippen molar-refractivity contribution in [1.29, 1.82) is 0 Å². The number of aromatic nitrogens is 2. The first-order valence-corrected chi connectivity index (χ1v) is 26.1. The van der Waals surface area contributed by atoms with Crippen LogP contribution in [0.2, 0.25) is 39.3 Å². The van der Waals surface area contributed by atoms with Gasteiger partial charge in [-0.15, -0.1) is 16.1 Å². The van der Waals surface area contributed by atoms with E-state index in [4.69, 9.17) is 0 Å². The molecule has 0 aliphatic heterocycles. The zero-order chi connectivity index (χ0) is 38.7. The first kappa shape index (κ1) is 45.5. The molecule has 0 aliphatic carbocycles. The summed E-state index contributed by atoms with van der Waals surface area (Å²) in [7, 11) is -1.72. The zero-order valence-electron chi connectivity index (χ0n) is 34.3. The van der Waals surface area contributed by atoms with Gasteiger partial charge in [0.25, 0.3) is 0 Å². The molecule has 4 rings (SSSR count). The van der Waals surface area contributed by atoms with E-state index in [1.807, 2.05) is 27.6 Å². The summed E-state index contributed by atoms with van der Waals surface area (Å²) in [5.74, 6) is 1.46. The molecule has 7 heteroatoms. The first-order valence-electron chi connectivity index (χ1n) is 18.1. The van der Waals surface area contributed by atoms with E-state index < -0.39 is 16.1 Å². The molecule has 4 nitrogen and oxygen atoms in total. The molecule has 1 heterocycles. The van der Waals surface area contributed by atoms with Crippen LogP contribution in [0.3, 0.4) is 0 Å². The summed E-state index contributed by atoms with van der Waals surface area (Å²) in [6.45, 7) is 42.9. The number of rotatable bonds is 7. The van der Waals surface area contributed by atoms with Gasteiger partial charge >= 0.3 is 69.9 Å². The summed E-state index contributed by atoms with van der Waals surface area (Å²) < 4.78 is 8.04. The van der Waals surface area contributed by atoms with E-state index in [2.05, 4.69) is 191 Å². The Balaban J connectivity index is 0.000000507.